The zero-order valence-corrected chi connectivity index (χ0v) is 16.3. The van der Waals surface area contributed by atoms with Gasteiger partial charge in [-0.2, -0.15) is 0 Å². The zero-order chi connectivity index (χ0) is 18.0. The van der Waals surface area contributed by atoms with E-state index >= 15 is 0 Å². The molecule has 5 heteroatoms. The van der Waals surface area contributed by atoms with Gasteiger partial charge < -0.3 is 14.6 Å². The van der Waals surface area contributed by atoms with E-state index in [1.807, 2.05) is 6.08 Å². The van der Waals surface area contributed by atoms with Gasteiger partial charge in [0.15, 0.2) is 0 Å². The smallest absolute Gasteiger partial charge is 0.321 e. The summed E-state index contributed by atoms with van der Waals surface area (Å²) in [7, 11) is -4.09. The van der Waals surface area contributed by atoms with Crippen molar-refractivity contribution in [3.63, 3.8) is 0 Å². The van der Waals surface area contributed by atoms with Crippen molar-refractivity contribution in [3.8, 4) is 0 Å². The van der Waals surface area contributed by atoms with Crippen molar-refractivity contribution in [2.24, 2.45) is 40.4 Å². The molecule has 0 radical (unpaired) electrons. The van der Waals surface area contributed by atoms with Crippen LogP contribution in [0.4, 0.5) is 0 Å². The van der Waals surface area contributed by atoms with E-state index in [1.165, 1.54) is 19.1 Å². The van der Waals surface area contributed by atoms with Crippen LogP contribution in [0.5, 0.6) is 0 Å². The molecule has 0 aromatic carbocycles. The van der Waals surface area contributed by atoms with E-state index in [0.29, 0.717) is 35.4 Å². The molecule has 140 valence electrons. The van der Waals surface area contributed by atoms with Crippen molar-refractivity contribution in [1.29, 1.82) is 0 Å². The molecule has 0 heterocycles. The molecular weight excluding hydrogens is 335 g/mol. The zero-order valence-electron chi connectivity index (χ0n) is 15.4. The highest BCUT2D eigenvalue weighted by atomic mass is 31.2. The maximum absolute atomic E-state index is 11.7. The standard InChI is InChI=1S/C20H31O4P/c1-19-9-7-15(25(22,23)24)11-13(19)3-5-16-17-6-4-14(12-21)20(17,2)10-8-18(16)19/h11-14,16-18H,3-10H2,1-2H3,(H2,22,23,24)/t13?,14?,16-,17-,18+,19-,20+/m0/s1. The van der Waals surface area contributed by atoms with Gasteiger partial charge in [0.05, 0.1) is 0 Å². The SMILES string of the molecule is C[C@]12CCC(P(=O)(O)O)=CC1CC[C@@H]1[C@H]2CC[C@]2(C)C(C=O)CC[C@@H]12. The molecule has 0 aromatic heterocycles. The molecule has 4 aliphatic rings. The second-order valence-electron chi connectivity index (χ2n) is 9.63. The van der Waals surface area contributed by atoms with Crippen molar-refractivity contribution in [1.82, 2.24) is 0 Å². The van der Waals surface area contributed by atoms with E-state index in [9.17, 15) is 19.1 Å². The number of carbonyl (C=O) groups is 1. The third kappa shape index (κ3) is 2.55. The second kappa shape index (κ2) is 5.78. The number of aldehydes is 1. The molecule has 0 amide bonds. The molecule has 0 aliphatic heterocycles. The van der Waals surface area contributed by atoms with Crippen molar-refractivity contribution < 1.29 is 19.1 Å². The van der Waals surface area contributed by atoms with Crippen molar-refractivity contribution >= 4 is 13.9 Å². The molecule has 3 saturated carbocycles. The number of allylic oxidation sites excluding steroid dienone is 2. The maximum Gasteiger partial charge on any atom is 0.351 e. The van der Waals surface area contributed by atoms with E-state index in [0.717, 1.165) is 32.1 Å². The lowest BCUT2D eigenvalue weighted by atomic mass is 9.45. The molecule has 0 saturated heterocycles. The Bertz CT molecular complexity index is 652. The Morgan fingerprint density at radius 2 is 1.76 bits per heavy atom. The highest BCUT2D eigenvalue weighted by molar-refractivity contribution is 7.56. The average Bonchev–Trinajstić information content (AvgIpc) is 2.89. The summed E-state index contributed by atoms with van der Waals surface area (Å²) < 4.78 is 11.7. The third-order valence-electron chi connectivity index (χ3n) is 8.87. The monoisotopic (exact) mass is 366 g/mol. The van der Waals surface area contributed by atoms with Gasteiger partial charge in [-0.25, -0.2) is 0 Å². The van der Waals surface area contributed by atoms with Gasteiger partial charge in [-0.15, -0.1) is 0 Å². The lowest BCUT2D eigenvalue weighted by Gasteiger charge is -2.59. The number of carbonyl (C=O) groups excluding carboxylic acids is 1. The van der Waals surface area contributed by atoms with Gasteiger partial charge in [0.1, 0.15) is 6.29 Å². The molecule has 4 rings (SSSR count). The normalized spacial score (nSPS) is 49.6. The van der Waals surface area contributed by atoms with Gasteiger partial charge in [-0.05, 0) is 85.9 Å². The largest absolute Gasteiger partial charge is 0.351 e. The number of hydrogen-bond acceptors (Lipinski definition) is 2. The summed E-state index contributed by atoms with van der Waals surface area (Å²) in [5.74, 6) is 2.53. The molecule has 0 bridgehead atoms. The third-order valence-corrected chi connectivity index (χ3v) is 9.99. The van der Waals surface area contributed by atoms with Crippen molar-refractivity contribution in [2.75, 3.05) is 0 Å². The molecule has 4 aliphatic carbocycles. The maximum atomic E-state index is 11.7. The fraction of sp³-hybridized carbons (Fsp3) is 0.850. The topological polar surface area (TPSA) is 74.6 Å². The Kier molecular flexibility index (Phi) is 4.15. The fourth-order valence-electron chi connectivity index (χ4n) is 7.35. The Hall–Kier alpha value is -0.440. The molecule has 0 spiro atoms. The first kappa shape index (κ1) is 17.9. The molecule has 25 heavy (non-hydrogen) atoms. The van der Waals surface area contributed by atoms with Crippen molar-refractivity contribution in [2.45, 2.75) is 65.2 Å². The number of fused-ring (bicyclic) bond motifs is 5. The second-order valence-corrected chi connectivity index (χ2v) is 11.3. The van der Waals surface area contributed by atoms with Crippen molar-refractivity contribution in [3.05, 3.63) is 11.4 Å². The summed E-state index contributed by atoms with van der Waals surface area (Å²) in [6.07, 6.45) is 11.3. The van der Waals surface area contributed by atoms with Crippen LogP contribution in [-0.4, -0.2) is 16.1 Å². The van der Waals surface area contributed by atoms with E-state index in [4.69, 9.17) is 0 Å². The Balaban J connectivity index is 1.63. The highest BCUT2D eigenvalue weighted by Gasteiger charge is 2.59. The average molecular weight is 366 g/mol. The van der Waals surface area contributed by atoms with Crippen LogP contribution in [0, 0.1) is 40.4 Å². The number of hydrogen-bond donors (Lipinski definition) is 2. The molecule has 7 atom stereocenters. The summed E-state index contributed by atoms with van der Waals surface area (Å²) in [4.78, 5) is 30.7. The summed E-state index contributed by atoms with van der Waals surface area (Å²) >= 11 is 0. The molecule has 4 nitrogen and oxygen atoms in total. The summed E-state index contributed by atoms with van der Waals surface area (Å²) in [5.41, 5.74) is 0.357. The summed E-state index contributed by atoms with van der Waals surface area (Å²) in [6.45, 7) is 4.72. The predicted molar refractivity (Wildman–Crippen MR) is 96.8 cm³/mol. The Labute approximate surface area is 150 Å². The van der Waals surface area contributed by atoms with Crippen LogP contribution in [-0.2, 0) is 9.36 Å². The van der Waals surface area contributed by atoms with Crippen LogP contribution < -0.4 is 0 Å². The first-order valence-electron chi connectivity index (χ1n) is 9.92. The quantitative estimate of drug-likeness (QED) is 0.557. The minimum Gasteiger partial charge on any atom is -0.321 e. The van der Waals surface area contributed by atoms with E-state index < -0.39 is 7.60 Å². The van der Waals surface area contributed by atoms with Crippen LogP contribution in [0.15, 0.2) is 11.4 Å². The molecule has 2 N–H and O–H groups in total. The molecular formula is C20H31O4P. The number of rotatable bonds is 2. The van der Waals surface area contributed by atoms with Crippen LogP contribution in [0.1, 0.15) is 65.2 Å². The summed E-state index contributed by atoms with van der Waals surface area (Å²) in [6, 6.07) is 0. The highest BCUT2D eigenvalue weighted by Crippen LogP contribution is 2.68. The van der Waals surface area contributed by atoms with Gasteiger partial charge in [0.25, 0.3) is 0 Å². The fourth-order valence-corrected chi connectivity index (χ4v) is 8.13. The first-order valence-corrected chi connectivity index (χ1v) is 11.5. The Morgan fingerprint density at radius 3 is 2.44 bits per heavy atom. The van der Waals surface area contributed by atoms with Gasteiger partial charge >= 0.3 is 7.60 Å². The van der Waals surface area contributed by atoms with Gasteiger partial charge in [0.2, 0.25) is 0 Å². The predicted octanol–water partition coefficient (Wildman–Crippen LogP) is 4.52. The summed E-state index contributed by atoms with van der Waals surface area (Å²) in [5, 5.41) is 0.371. The van der Waals surface area contributed by atoms with E-state index in [2.05, 4.69) is 13.8 Å². The van der Waals surface area contributed by atoms with Crippen LogP contribution in [0.3, 0.4) is 0 Å². The van der Waals surface area contributed by atoms with Crippen LogP contribution in [0.2, 0.25) is 0 Å². The van der Waals surface area contributed by atoms with E-state index in [1.54, 1.807) is 0 Å². The van der Waals surface area contributed by atoms with Gasteiger partial charge in [-0.3, -0.25) is 4.57 Å². The minimum absolute atomic E-state index is 0.169. The Morgan fingerprint density at radius 1 is 1.04 bits per heavy atom. The van der Waals surface area contributed by atoms with Crippen LogP contribution in [0.25, 0.3) is 0 Å². The lowest BCUT2D eigenvalue weighted by Crippen LogP contribution is -2.52. The van der Waals surface area contributed by atoms with Gasteiger partial charge in [-0.1, -0.05) is 19.9 Å². The lowest BCUT2D eigenvalue weighted by molar-refractivity contribution is -0.121. The molecule has 0 aromatic rings. The first-order chi connectivity index (χ1) is 11.7. The molecule has 3 fully saturated rings. The molecule has 2 unspecified atom stereocenters. The minimum atomic E-state index is -4.09. The van der Waals surface area contributed by atoms with Crippen LogP contribution >= 0.6 is 7.60 Å². The van der Waals surface area contributed by atoms with Gasteiger partial charge in [0, 0.05) is 11.2 Å². The van der Waals surface area contributed by atoms with E-state index in [-0.39, 0.29) is 16.7 Å².